The van der Waals surface area contributed by atoms with Crippen LogP contribution in [0, 0.1) is 115 Å². The number of phosphoric ester groups is 6. The third-order valence-corrected chi connectivity index (χ3v) is 28.3. The van der Waals surface area contributed by atoms with Crippen LogP contribution in [0.4, 0.5) is 0 Å². The number of hydrogen-bond acceptors (Lipinski definition) is 24. The predicted octanol–water partition coefficient (Wildman–Crippen LogP) is 32.8. The van der Waals surface area contributed by atoms with Gasteiger partial charge >= 0.3 is 121 Å². The van der Waals surface area contributed by atoms with Gasteiger partial charge < -0.3 is 83.6 Å². The average Bonchev–Trinajstić information content (AvgIpc) is 0.795. The van der Waals surface area contributed by atoms with Gasteiger partial charge in [0.05, 0.1) is 39.6 Å². The summed E-state index contributed by atoms with van der Waals surface area (Å²) in [5.41, 5.74) is 14.0. The van der Waals surface area contributed by atoms with E-state index in [0.717, 1.165) is 100 Å². The van der Waals surface area contributed by atoms with Crippen molar-refractivity contribution in [2.24, 2.45) is 0 Å². The molecule has 32 heteroatoms. The maximum atomic E-state index is 12.0. The van der Waals surface area contributed by atoms with Crippen LogP contribution < -0.4 is 56.5 Å². The molecule has 0 saturated carbocycles. The summed E-state index contributed by atoms with van der Waals surface area (Å²) in [6.45, 7) is 105. The van der Waals surface area contributed by atoms with Gasteiger partial charge in [-0.3, -0.25) is 27.4 Å². The van der Waals surface area contributed by atoms with Crippen LogP contribution in [0.5, 0.6) is 34.5 Å². The van der Waals surface area contributed by atoms with E-state index >= 15 is 0 Å². The zero-order chi connectivity index (χ0) is 115. The van der Waals surface area contributed by atoms with Crippen LogP contribution in [-0.2, 0) is 120 Å². The number of rotatable bonds is 32. The van der Waals surface area contributed by atoms with Crippen molar-refractivity contribution in [1.29, 1.82) is 0 Å². The quantitative estimate of drug-likeness (QED) is 0.0280. The Morgan fingerprint density at radius 1 is 0.176 bits per heavy atom. The molecule has 6 rings (SSSR count). The standard InChI is InChI=1S/6C17H29O4P.2C7H16.2Lu/c6*1-9-20-22(18,19)21-15-13(16(3,4)5)10-12(2)11-14(15)17(6,7)8;2*1-3-5-7-6-4-2;;/h6*10-11H,9H2,1-8H3,(H,18,19);2*3-7H2,1-2H3;;/q;;;;;;;;2*+3/p-6. The van der Waals surface area contributed by atoms with E-state index in [0.29, 0.717) is 34.5 Å². The smallest absolute Gasteiger partial charge is 0.746 e. The zero-order valence-electron chi connectivity index (χ0n) is 101. The Morgan fingerprint density at radius 2 is 0.257 bits per heavy atom. The van der Waals surface area contributed by atoms with E-state index in [-0.39, 0.29) is 178 Å². The van der Waals surface area contributed by atoms with Gasteiger partial charge in [-0.05, 0) is 148 Å². The van der Waals surface area contributed by atoms with Gasteiger partial charge in [-0.15, -0.1) is 0 Å². The number of unbranched alkanes of at least 4 members (excludes halogenated alkanes) is 8. The van der Waals surface area contributed by atoms with Crippen LogP contribution in [0.1, 0.15) is 483 Å². The van der Waals surface area contributed by atoms with Crippen molar-refractivity contribution >= 4 is 46.9 Å². The topological polar surface area (TPSA) is 352 Å². The Balaban J connectivity index is -0.000000816. The summed E-state index contributed by atoms with van der Waals surface area (Å²) in [7, 11) is -26.2. The van der Waals surface area contributed by atoms with Gasteiger partial charge in [0.25, 0.3) is 0 Å². The van der Waals surface area contributed by atoms with Crippen LogP contribution in [0.2, 0.25) is 0 Å². The van der Waals surface area contributed by atoms with E-state index in [4.69, 9.17) is 54.3 Å². The summed E-state index contributed by atoms with van der Waals surface area (Å²) in [6.07, 6.45) is 14.0. The van der Waals surface area contributed by atoms with Gasteiger partial charge in [-0.1, -0.05) is 447 Å². The van der Waals surface area contributed by atoms with Crippen LogP contribution in [0.15, 0.2) is 72.8 Å². The van der Waals surface area contributed by atoms with Crippen molar-refractivity contribution < 1.29 is 185 Å². The molecular formula is C116H200Lu2O24P6. The summed E-state index contributed by atoms with van der Waals surface area (Å²) in [5, 5.41) is 0. The molecule has 6 unspecified atom stereocenters. The first-order valence-electron chi connectivity index (χ1n) is 52.3. The third-order valence-electron chi connectivity index (χ3n) is 22.5. The summed E-state index contributed by atoms with van der Waals surface area (Å²) in [6, 6.07) is 23.8. The molecule has 6 aromatic carbocycles. The van der Waals surface area contributed by atoms with Gasteiger partial charge in [0.15, 0.2) is 0 Å². The van der Waals surface area contributed by atoms with Crippen molar-refractivity contribution in [1.82, 2.24) is 0 Å². The van der Waals surface area contributed by atoms with E-state index in [1.165, 1.54) is 64.2 Å². The second kappa shape index (κ2) is 62.9. The third kappa shape index (κ3) is 56.3. The molecule has 0 bridgehead atoms. The van der Waals surface area contributed by atoms with Gasteiger partial charge in [0.1, 0.15) is 34.5 Å². The molecule has 0 aliphatic rings. The fraction of sp³-hybridized carbons (Fsp3) is 0.690. The van der Waals surface area contributed by atoms with Crippen molar-refractivity contribution in [3.05, 3.63) is 173 Å². The first-order chi connectivity index (χ1) is 65.5. The van der Waals surface area contributed by atoms with Gasteiger partial charge in [-0.2, -0.15) is 0 Å². The number of aryl methyl sites for hydroxylation is 6. The molecule has 868 valence electrons. The van der Waals surface area contributed by atoms with E-state index in [1.807, 2.05) is 364 Å². The molecular weight excluding hydrogens is 2310 g/mol. The minimum atomic E-state index is -4.37. The zero-order valence-corrected chi connectivity index (χ0v) is 110. The molecule has 0 aromatic heterocycles. The molecule has 6 atom stereocenters. The molecule has 0 spiro atoms. The minimum Gasteiger partial charge on any atom is -0.746 e. The van der Waals surface area contributed by atoms with Crippen LogP contribution >= 0.6 is 46.9 Å². The second-order valence-corrected chi connectivity index (χ2v) is 58.0. The first-order valence-corrected chi connectivity index (χ1v) is 61.1. The normalized spacial score (nSPS) is 14.7. The number of hydrogen-bond donors (Lipinski definition) is 0. The molecule has 148 heavy (non-hydrogen) atoms. The molecule has 0 N–H and O–H groups in total. The Bertz CT molecular complexity index is 4280. The van der Waals surface area contributed by atoms with Crippen molar-refractivity contribution in [3.63, 3.8) is 0 Å². The van der Waals surface area contributed by atoms with Crippen LogP contribution in [-0.4, -0.2) is 39.6 Å². The van der Waals surface area contributed by atoms with Crippen molar-refractivity contribution in [3.8, 4) is 34.5 Å². The fourth-order valence-electron chi connectivity index (χ4n) is 15.0. The Kier molecular flexibility index (Phi) is 64.5. The molecule has 0 radical (unpaired) electrons. The van der Waals surface area contributed by atoms with Crippen molar-refractivity contribution in [2.75, 3.05) is 39.6 Å². The summed E-state index contributed by atoms with van der Waals surface area (Å²) in [5.74, 6) is 2.40. The summed E-state index contributed by atoms with van der Waals surface area (Å²) < 4.78 is 133. The van der Waals surface area contributed by atoms with Crippen LogP contribution in [0.3, 0.4) is 0 Å². The number of benzene rings is 6. The molecule has 0 heterocycles. The van der Waals surface area contributed by atoms with Gasteiger partial charge in [0, 0.05) is 66.8 Å². The first kappa shape index (κ1) is 152. The summed E-state index contributed by atoms with van der Waals surface area (Å²) >= 11 is 0. The fourth-order valence-corrected chi connectivity index (χ4v) is 19.8. The van der Waals surface area contributed by atoms with Crippen LogP contribution in [0.25, 0.3) is 0 Å². The van der Waals surface area contributed by atoms with E-state index in [1.54, 1.807) is 41.5 Å². The Morgan fingerprint density at radius 3 is 0.318 bits per heavy atom. The van der Waals surface area contributed by atoms with E-state index in [2.05, 4.69) is 27.7 Å². The monoisotopic (exact) mass is 2510 g/mol. The van der Waals surface area contributed by atoms with Gasteiger partial charge in [0.2, 0.25) is 0 Å². The molecule has 24 nitrogen and oxygen atoms in total. The maximum Gasteiger partial charge on any atom is 3.00 e. The van der Waals surface area contributed by atoms with Gasteiger partial charge in [-0.25, -0.2) is 0 Å². The maximum absolute atomic E-state index is 12.0. The summed E-state index contributed by atoms with van der Waals surface area (Å²) in [4.78, 5) is 72.2. The Labute approximate surface area is 959 Å². The molecule has 0 saturated heterocycles. The largest absolute Gasteiger partial charge is 3.00 e. The Hall–Kier alpha value is -2.51. The predicted molar refractivity (Wildman–Crippen MR) is 600 cm³/mol. The molecule has 0 amide bonds. The van der Waals surface area contributed by atoms with E-state index < -0.39 is 46.9 Å². The van der Waals surface area contributed by atoms with Crippen molar-refractivity contribution in [2.45, 2.75) is 489 Å². The minimum absolute atomic E-state index is 0. The molecule has 6 aromatic rings. The molecule has 0 fully saturated rings. The average molecular weight is 2510 g/mol. The molecule has 0 aliphatic heterocycles. The SMILES string of the molecule is CCCCCCC.CCCCCCC.CCOP(=O)([O-])Oc1c(C(C)(C)C)cc(C)cc1C(C)(C)C.CCOP(=O)([O-])Oc1c(C(C)(C)C)cc(C)cc1C(C)(C)C.CCOP(=O)([O-])Oc1c(C(C)(C)C)cc(C)cc1C(C)(C)C.CCOP(=O)([O-])Oc1c(C(C)(C)C)cc(C)cc1C(C)(C)C.CCOP(=O)([O-])Oc1c(C(C)(C)C)cc(C)cc1C(C)(C)C.CCOP(=O)([O-])Oc1c(C(C)(C)C)cc(C)cc1C(C)(C)C.[Lu+3].[Lu+3]. The van der Waals surface area contributed by atoms with E-state index in [9.17, 15) is 56.8 Å². The second-order valence-electron chi connectivity index (χ2n) is 50.0. The number of phosphoric acid groups is 6. The molecule has 0 aliphatic carbocycles.